The van der Waals surface area contributed by atoms with E-state index in [1.54, 1.807) is 0 Å². The second kappa shape index (κ2) is 28.3. The second-order valence-electron chi connectivity index (χ2n) is 9.77. The highest BCUT2D eigenvalue weighted by Crippen LogP contribution is 2.07. The molecule has 0 amide bonds. The monoisotopic (exact) mass is 477 g/mol. The second-order valence-corrected chi connectivity index (χ2v) is 9.77. The van der Waals surface area contributed by atoms with E-state index in [-0.39, 0.29) is 0 Å². The maximum atomic E-state index is 5.94. The summed E-state index contributed by atoms with van der Waals surface area (Å²) in [5.74, 6) is 0. The smallest absolute Gasteiger partial charge is 0.0644 e. The van der Waals surface area contributed by atoms with Crippen molar-refractivity contribution in [2.45, 2.75) is 123 Å². The molecule has 0 saturated heterocycles. The van der Waals surface area contributed by atoms with Crippen molar-refractivity contribution in [1.82, 2.24) is 4.90 Å². The molecule has 0 aliphatic rings. The highest BCUT2D eigenvalue weighted by Gasteiger charge is 2.11. The Balaban J connectivity index is 3.53. The summed E-state index contributed by atoms with van der Waals surface area (Å²) in [5.41, 5.74) is 0. The maximum absolute atomic E-state index is 5.94. The van der Waals surface area contributed by atoms with Gasteiger partial charge in [-0.25, -0.2) is 0 Å². The summed E-state index contributed by atoms with van der Waals surface area (Å²) in [5, 5.41) is 0. The van der Waals surface area contributed by atoms with Gasteiger partial charge in [0.2, 0.25) is 0 Å². The van der Waals surface area contributed by atoms with Gasteiger partial charge in [0, 0.05) is 13.2 Å². The molecule has 1 atom stereocenters. The first-order valence-electron chi connectivity index (χ1n) is 14.5. The van der Waals surface area contributed by atoms with E-state index < -0.39 is 0 Å². The number of unbranched alkanes of at least 4 members (excludes halogenated alkanes) is 11. The first-order chi connectivity index (χ1) is 16.7. The lowest BCUT2D eigenvalue weighted by molar-refractivity contribution is 0.0198. The lowest BCUT2D eigenvalue weighted by atomic mass is 10.1. The molecule has 0 aromatic carbocycles. The molecule has 0 heterocycles. The lowest BCUT2D eigenvalue weighted by Gasteiger charge is -2.24. The zero-order chi connectivity index (χ0) is 25.0. The van der Waals surface area contributed by atoms with Gasteiger partial charge in [-0.2, -0.15) is 0 Å². The fourth-order valence-corrected chi connectivity index (χ4v) is 3.70. The average molecular weight is 478 g/mol. The van der Waals surface area contributed by atoms with Crippen molar-refractivity contribution in [3.8, 4) is 0 Å². The summed E-state index contributed by atoms with van der Waals surface area (Å²) in [4.78, 5) is 2.23. The molecule has 200 valence electrons. The van der Waals surface area contributed by atoms with Crippen molar-refractivity contribution >= 4 is 0 Å². The van der Waals surface area contributed by atoms with Gasteiger partial charge in [0.1, 0.15) is 0 Å². The van der Waals surface area contributed by atoms with Gasteiger partial charge in [0.15, 0.2) is 0 Å². The van der Waals surface area contributed by atoms with Gasteiger partial charge in [-0.1, -0.05) is 102 Å². The van der Waals surface area contributed by atoms with Crippen molar-refractivity contribution in [3.05, 3.63) is 36.5 Å². The first-order valence-corrected chi connectivity index (χ1v) is 14.5. The van der Waals surface area contributed by atoms with Crippen LogP contribution in [0.5, 0.6) is 0 Å². The van der Waals surface area contributed by atoms with E-state index in [0.29, 0.717) is 6.04 Å². The van der Waals surface area contributed by atoms with Crippen LogP contribution in [-0.4, -0.2) is 51.5 Å². The Kier molecular flexibility index (Phi) is 27.6. The molecule has 0 aromatic rings. The van der Waals surface area contributed by atoms with E-state index in [9.17, 15) is 0 Å². The predicted molar refractivity (Wildman–Crippen MR) is 152 cm³/mol. The Morgan fingerprint density at radius 3 is 1.47 bits per heavy atom. The lowest BCUT2D eigenvalue weighted by Crippen LogP contribution is -2.37. The SMILES string of the molecule is CCCCCC=CCC=CCC=CCCCCCOC[C@H](COCCCCCCCC)N(C)C. The van der Waals surface area contributed by atoms with Crippen molar-refractivity contribution in [3.63, 3.8) is 0 Å². The molecular weight excluding hydrogens is 418 g/mol. The molecule has 0 rings (SSSR count). The number of allylic oxidation sites excluding steroid dienone is 6. The number of ether oxygens (including phenoxy) is 2. The maximum Gasteiger partial charge on any atom is 0.0644 e. The molecule has 0 spiro atoms. The minimum absolute atomic E-state index is 0.354. The van der Waals surface area contributed by atoms with Crippen LogP contribution in [0.2, 0.25) is 0 Å². The third-order valence-electron chi connectivity index (χ3n) is 6.17. The third kappa shape index (κ3) is 25.7. The van der Waals surface area contributed by atoms with E-state index in [1.807, 2.05) is 0 Å². The van der Waals surface area contributed by atoms with Crippen molar-refractivity contribution in [2.75, 3.05) is 40.5 Å². The van der Waals surface area contributed by atoms with Crippen molar-refractivity contribution in [2.24, 2.45) is 0 Å². The molecule has 0 aliphatic heterocycles. The molecule has 0 N–H and O–H groups in total. The standard InChI is InChI=1S/C31H59NO2/c1-5-7-9-11-13-14-15-16-17-18-19-20-21-22-24-26-28-34-30-31(32(3)4)29-33-27-25-23-12-10-8-6-2/h13-14,16-17,19-20,31H,5-12,15,18,21-30H2,1-4H3/t31-/m0/s1. The minimum Gasteiger partial charge on any atom is -0.380 e. The molecule has 0 radical (unpaired) electrons. The van der Waals surface area contributed by atoms with E-state index >= 15 is 0 Å². The molecule has 0 unspecified atom stereocenters. The van der Waals surface area contributed by atoms with Crippen LogP contribution in [0.25, 0.3) is 0 Å². The fourth-order valence-electron chi connectivity index (χ4n) is 3.70. The van der Waals surface area contributed by atoms with Crippen LogP contribution in [-0.2, 0) is 9.47 Å². The largest absolute Gasteiger partial charge is 0.380 e. The zero-order valence-corrected chi connectivity index (χ0v) is 23.4. The van der Waals surface area contributed by atoms with Gasteiger partial charge in [-0.3, -0.25) is 0 Å². The third-order valence-corrected chi connectivity index (χ3v) is 6.17. The summed E-state index contributed by atoms with van der Waals surface area (Å²) in [6, 6.07) is 0.354. The summed E-state index contributed by atoms with van der Waals surface area (Å²) in [7, 11) is 4.24. The van der Waals surface area contributed by atoms with Crippen LogP contribution >= 0.6 is 0 Å². The van der Waals surface area contributed by atoms with E-state index in [4.69, 9.17) is 9.47 Å². The number of likely N-dealkylation sites (N-methyl/N-ethyl adjacent to an activating group) is 1. The van der Waals surface area contributed by atoms with Gasteiger partial charge in [-0.15, -0.1) is 0 Å². The summed E-state index contributed by atoms with van der Waals surface area (Å²) in [6.07, 6.45) is 33.8. The Morgan fingerprint density at radius 2 is 0.941 bits per heavy atom. The highest BCUT2D eigenvalue weighted by molar-refractivity contribution is 4.97. The fraction of sp³-hybridized carbons (Fsp3) is 0.806. The molecule has 34 heavy (non-hydrogen) atoms. The summed E-state index contributed by atoms with van der Waals surface area (Å²) < 4.78 is 11.9. The van der Waals surface area contributed by atoms with Crippen LogP contribution < -0.4 is 0 Å². The number of nitrogens with zero attached hydrogens (tertiary/aromatic N) is 1. The number of rotatable bonds is 26. The van der Waals surface area contributed by atoms with Gasteiger partial charge >= 0.3 is 0 Å². The molecule has 0 aromatic heterocycles. The van der Waals surface area contributed by atoms with E-state index in [2.05, 4.69) is 69.3 Å². The Bertz CT molecular complexity index is 470. The van der Waals surface area contributed by atoms with Crippen LogP contribution in [0.1, 0.15) is 117 Å². The predicted octanol–water partition coefficient (Wildman–Crippen LogP) is 8.90. The topological polar surface area (TPSA) is 21.7 Å². The molecule has 3 nitrogen and oxygen atoms in total. The quantitative estimate of drug-likeness (QED) is 0.0916. The van der Waals surface area contributed by atoms with E-state index in [1.165, 1.54) is 83.5 Å². The van der Waals surface area contributed by atoms with Gasteiger partial charge in [-0.05, 0) is 65.5 Å². The first kappa shape index (κ1) is 33.1. The van der Waals surface area contributed by atoms with E-state index in [0.717, 1.165) is 45.7 Å². The number of hydrogen-bond donors (Lipinski definition) is 0. The van der Waals surface area contributed by atoms with Gasteiger partial charge in [0.05, 0.1) is 19.3 Å². The molecule has 0 bridgehead atoms. The minimum atomic E-state index is 0.354. The number of hydrogen-bond acceptors (Lipinski definition) is 3. The average Bonchev–Trinajstić information content (AvgIpc) is 2.83. The zero-order valence-electron chi connectivity index (χ0n) is 23.4. The Labute approximate surface area is 214 Å². The van der Waals surface area contributed by atoms with Crippen molar-refractivity contribution in [1.29, 1.82) is 0 Å². The van der Waals surface area contributed by atoms with Gasteiger partial charge < -0.3 is 14.4 Å². The molecule has 3 heteroatoms. The normalized spacial score (nSPS) is 13.3. The highest BCUT2D eigenvalue weighted by atomic mass is 16.5. The van der Waals surface area contributed by atoms with Gasteiger partial charge in [0.25, 0.3) is 0 Å². The van der Waals surface area contributed by atoms with Crippen LogP contribution in [0.4, 0.5) is 0 Å². The Morgan fingerprint density at radius 1 is 0.529 bits per heavy atom. The van der Waals surface area contributed by atoms with Crippen LogP contribution in [0.3, 0.4) is 0 Å². The molecule has 0 fully saturated rings. The van der Waals surface area contributed by atoms with Crippen LogP contribution in [0.15, 0.2) is 36.5 Å². The van der Waals surface area contributed by atoms with Crippen molar-refractivity contribution < 1.29 is 9.47 Å². The Hall–Kier alpha value is -0.900. The molecule has 0 saturated carbocycles. The summed E-state index contributed by atoms with van der Waals surface area (Å²) >= 11 is 0. The summed E-state index contributed by atoms with van der Waals surface area (Å²) in [6.45, 7) is 7.81. The molecular formula is C31H59NO2. The van der Waals surface area contributed by atoms with Crippen LogP contribution in [0, 0.1) is 0 Å². The molecule has 0 aliphatic carbocycles.